The normalized spacial score (nSPS) is 17.9. The van der Waals surface area contributed by atoms with Crippen LogP contribution >= 0.6 is 11.6 Å². The zero-order valence-corrected chi connectivity index (χ0v) is 16.0. The molecule has 2 aliphatic rings. The molecule has 1 atom stereocenters. The summed E-state index contributed by atoms with van der Waals surface area (Å²) in [5.41, 5.74) is 1.79. The molecule has 0 saturated heterocycles. The number of halogens is 1. The molecule has 1 aliphatic carbocycles. The molecule has 1 heterocycles. The summed E-state index contributed by atoms with van der Waals surface area (Å²) in [7, 11) is 0. The molecule has 0 aromatic heterocycles. The summed E-state index contributed by atoms with van der Waals surface area (Å²) in [5.74, 6) is 0.868. The Bertz CT molecular complexity index is 832. The Kier molecular flexibility index (Phi) is 4.98. The third-order valence-electron chi connectivity index (χ3n) is 5.12. The maximum Gasteiger partial charge on any atom is 0.251 e. The van der Waals surface area contributed by atoms with Gasteiger partial charge in [-0.05, 0) is 49.6 Å². The highest BCUT2D eigenvalue weighted by Crippen LogP contribution is 2.47. The number of carbonyl (C=O) groups is 1. The van der Waals surface area contributed by atoms with Gasteiger partial charge in [0, 0.05) is 35.7 Å². The summed E-state index contributed by atoms with van der Waals surface area (Å²) in [5, 5.41) is 6.83. The molecule has 142 valence electrons. The summed E-state index contributed by atoms with van der Waals surface area (Å²) in [6.07, 6.45) is 4.07. The summed E-state index contributed by atoms with van der Waals surface area (Å²) in [4.78, 5) is 12.3. The van der Waals surface area contributed by atoms with Crippen molar-refractivity contribution < 1.29 is 14.3 Å². The maximum atomic E-state index is 12.3. The molecule has 6 heteroatoms. The van der Waals surface area contributed by atoms with E-state index in [4.69, 9.17) is 21.1 Å². The second-order valence-electron chi connectivity index (χ2n) is 7.19. The summed E-state index contributed by atoms with van der Waals surface area (Å²) in [6, 6.07) is 13.2. The van der Waals surface area contributed by atoms with Crippen molar-refractivity contribution in [3.63, 3.8) is 0 Å². The first-order valence-electron chi connectivity index (χ1n) is 9.34. The van der Waals surface area contributed by atoms with Crippen LogP contribution in [-0.4, -0.2) is 18.2 Å². The van der Waals surface area contributed by atoms with Gasteiger partial charge in [-0.1, -0.05) is 23.7 Å². The monoisotopic (exact) mass is 386 g/mol. The fourth-order valence-electron chi connectivity index (χ4n) is 3.61. The van der Waals surface area contributed by atoms with E-state index in [0.29, 0.717) is 16.5 Å². The first-order valence-corrected chi connectivity index (χ1v) is 9.72. The number of ether oxygens (including phenoxy) is 2. The molecule has 1 aliphatic heterocycles. The largest absolute Gasteiger partial charge is 0.448 e. The zero-order chi connectivity index (χ0) is 18.9. The van der Waals surface area contributed by atoms with Crippen molar-refractivity contribution in [1.29, 1.82) is 0 Å². The van der Waals surface area contributed by atoms with E-state index in [0.717, 1.165) is 37.0 Å². The maximum absolute atomic E-state index is 12.3. The van der Waals surface area contributed by atoms with Crippen molar-refractivity contribution in [2.75, 3.05) is 11.9 Å². The van der Waals surface area contributed by atoms with Gasteiger partial charge in [0.05, 0.1) is 6.54 Å². The Labute approximate surface area is 164 Å². The number of amides is 1. The quantitative estimate of drug-likeness (QED) is 0.783. The Morgan fingerprint density at radius 3 is 2.56 bits per heavy atom. The molecule has 4 rings (SSSR count). The van der Waals surface area contributed by atoms with Crippen LogP contribution in [0.3, 0.4) is 0 Å². The van der Waals surface area contributed by atoms with E-state index in [1.54, 1.807) is 0 Å². The van der Waals surface area contributed by atoms with Gasteiger partial charge in [-0.25, -0.2) is 0 Å². The van der Waals surface area contributed by atoms with Crippen LogP contribution in [-0.2, 0) is 4.79 Å². The summed E-state index contributed by atoms with van der Waals surface area (Å²) < 4.78 is 12.0. The standard InChI is InChI=1S/C21H23ClN2O3/c1-14(15-4-6-16(22)7-5-15)23-13-20(25)24-17-8-9-18-19(12-17)27-21(26-18)10-2-3-11-21/h4-9,12,14,23H,2-3,10-11,13H2,1H3,(H,24,25). The predicted octanol–water partition coefficient (Wildman–Crippen LogP) is 4.67. The van der Waals surface area contributed by atoms with E-state index in [9.17, 15) is 4.79 Å². The Morgan fingerprint density at radius 1 is 1.11 bits per heavy atom. The van der Waals surface area contributed by atoms with Crippen LogP contribution in [0, 0.1) is 0 Å². The fourth-order valence-corrected chi connectivity index (χ4v) is 3.74. The molecular formula is C21H23ClN2O3. The lowest BCUT2D eigenvalue weighted by Crippen LogP contribution is -2.34. The first kappa shape index (κ1) is 18.1. The zero-order valence-electron chi connectivity index (χ0n) is 15.3. The molecule has 1 saturated carbocycles. The van der Waals surface area contributed by atoms with E-state index in [2.05, 4.69) is 10.6 Å². The van der Waals surface area contributed by atoms with E-state index < -0.39 is 5.79 Å². The average molecular weight is 387 g/mol. The van der Waals surface area contributed by atoms with Crippen LogP contribution in [0.5, 0.6) is 11.5 Å². The Balaban J connectivity index is 1.32. The van der Waals surface area contributed by atoms with Crippen LogP contribution in [0.15, 0.2) is 42.5 Å². The second kappa shape index (κ2) is 7.41. The van der Waals surface area contributed by atoms with E-state index in [1.165, 1.54) is 0 Å². The van der Waals surface area contributed by atoms with E-state index >= 15 is 0 Å². The van der Waals surface area contributed by atoms with Crippen molar-refractivity contribution in [2.45, 2.75) is 44.4 Å². The van der Waals surface area contributed by atoms with Crippen LogP contribution < -0.4 is 20.1 Å². The number of carbonyl (C=O) groups excluding carboxylic acids is 1. The molecule has 2 aromatic rings. The van der Waals surface area contributed by atoms with Crippen molar-refractivity contribution in [3.8, 4) is 11.5 Å². The Hall–Kier alpha value is -2.24. The van der Waals surface area contributed by atoms with Gasteiger partial charge in [0.25, 0.3) is 5.79 Å². The number of benzene rings is 2. The fraction of sp³-hybridized carbons (Fsp3) is 0.381. The second-order valence-corrected chi connectivity index (χ2v) is 7.62. The highest BCUT2D eigenvalue weighted by molar-refractivity contribution is 6.30. The topological polar surface area (TPSA) is 59.6 Å². The van der Waals surface area contributed by atoms with Crippen molar-refractivity contribution in [1.82, 2.24) is 5.32 Å². The molecule has 2 aromatic carbocycles. The number of hydrogen-bond acceptors (Lipinski definition) is 4. The van der Waals surface area contributed by atoms with Crippen LogP contribution in [0.2, 0.25) is 5.02 Å². The van der Waals surface area contributed by atoms with Gasteiger partial charge in [0.15, 0.2) is 11.5 Å². The van der Waals surface area contributed by atoms with Crippen molar-refractivity contribution >= 4 is 23.2 Å². The molecule has 27 heavy (non-hydrogen) atoms. The predicted molar refractivity (Wildman–Crippen MR) is 105 cm³/mol. The minimum absolute atomic E-state index is 0.0481. The molecule has 0 bridgehead atoms. The smallest absolute Gasteiger partial charge is 0.251 e. The first-order chi connectivity index (χ1) is 13.0. The summed E-state index contributed by atoms with van der Waals surface area (Å²) in [6.45, 7) is 2.22. The van der Waals surface area contributed by atoms with E-state index in [1.807, 2.05) is 49.4 Å². The highest BCUT2D eigenvalue weighted by Gasteiger charge is 2.44. The molecular weight excluding hydrogens is 364 g/mol. The molecule has 0 radical (unpaired) electrons. The number of rotatable bonds is 5. The third kappa shape index (κ3) is 4.04. The van der Waals surface area contributed by atoms with Crippen LogP contribution in [0.4, 0.5) is 5.69 Å². The van der Waals surface area contributed by atoms with Gasteiger partial charge in [0.2, 0.25) is 5.91 Å². The van der Waals surface area contributed by atoms with Crippen LogP contribution in [0.1, 0.15) is 44.2 Å². The molecule has 1 amide bonds. The molecule has 2 N–H and O–H groups in total. The minimum Gasteiger partial charge on any atom is -0.448 e. The van der Waals surface area contributed by atoms with Gasteiger partial charge in [-0.15, -0.1) is 0 Å². The molecule has 5 nitrogen and oxygen atoms in total. The lowest BCUT2D eigenvalue weighted by molar-refractivity contribution is -0.115. The Morgan fingerprint density at radius 2 is 1.81 bits per heavy atom. The van der Waals surface area contributed by atoms with Gasteiger partial charge in [-0.2, -0.15) is 0 Å². The van der Waals surface area contributed by atoms with Gasteiger partial charge < -0.3 is 20.1 Å². The third-order valence-corrected chi connectivity index (χ3v) is 5.38. The van der Waals surface area contributed by atoms with Crippen molar-refractivity contribution in [2.24, 2.45) is 0 Å². The number of hydrogen-bond donors (Lipinski definition) is 2. The molecule has 1 spiro atoms. The lowest BCUT2D eigenvalue weighted by atomic mass is 10.1. The summed E-state index contributed by atoms with van der Waals surface area (Å²) >= 11 is 5.91. The number of nitrogens with one attached hydrogen (secondary N) is 2. The number of anilines is 1. The van der Waals surface area contributed by atoms with Gasteiger partial charge >= 0.3 is 0 Å². The SMILES string of the molecule is CC(NCC(=O)Nc1ccc2c(c1)OC1(CCCC1)O2)c1ccc(Cl)cc1. The lowest BCUT2D eigenvalue weighted by Gasteiger charge is -2.21. The van der Waals surface area contributed by atoms with E-state index in [-0.39, 0.29) is 18.5 Å². The average Bonchev–Trinajstić information content (AvgIpc) is 3.26. The van der Waals surface area contributed by atoms with Gasteiger partial charge in [0.1, 0.15) is 0 Å². The van der Waals surface area contributed by atoms with Crippen molar-refractivity contribution in [3.05, 3.63) is 53.1 Å². The highest BCUT2D eigenvalue weighted by atomic mass is 35.5. The molecule has 1 fully saturated rings. The van der Waals surface area contributed by atoms with Gasteiger partial charge in [-0.3, -0.25) is 4.79 Å². The number of fused-ring (bicyclic) bond motifs is 1. The molecule has 1 unspecified atom stereocenters. The minimum atomic E-state index is -0.486. The van der Waals surface area contributed by atoms with Crippen LogP contribution in [0.25, 0.3) is 0 Å².